The zero-order chi connectivity index (χ0) is 19.6. The van der Waals surface area contributed by atoms with E-state index in [9.17, 15) is 4.79 Å². The van der Waals surface area contributed by atoms with E-state index in [1.807, 2.05) is 66.9 Å². The molecule has 4 rings (SSSR count). The van der Waals surface area contributed by atoms with Crippen molar-refractivity contribution in [2.45, 2.75) is 44.1 Å². The van der Waals surface area contributed by atoms with Gasteiger partial charge in [0.05, 0.1) is 0 Å². The van der Waals surface area contributed by atoms with Gasteiger partial charge in [0, 0.05) is 24.9 Å². The average Bonchev–Trinajstić information content (AvgIpc) is 3.39. The summed E-state index contributed by atoms with van der Waals surface area (Å²) in [5.74, 6) is 0.985. The number of primary amides is 1. The predicted octanol–water partition coefficient (Wildman–Crippen LogP) is 4.26. The average molecular weight is 374 g/mol. The number of nitrogens with two attached hydrogens (primary N) is 1. The van der Waals surface area contributed by atoms with E-state index in [4.69, 9.17) is 5.73 Å². The number of benzene rings is 2. The van der Waals surface area contributed by atoms with E-state index in [0.717, 1.165) is 42.6 Å². The lowest BCUT2D eigenvalue weighted by atomic mass is 9.64. The monoisotopic (exact) mass is 373 g/mol. The summed E-state index contributed by atoms with van der Waals surface area (Å²) in [7, 11) is 0. The molecule has 144 valence electrons. The summed E-state index contributed by atoms with van der Waals surface area (Å²) in [6, 6.07) is 20.5. The highest BCUT2D eigenvalue weighted by Gasteiger charge is 2.50. The van der Waals surface area contributed by atoms with E-state index >= 15 is 0 Å². The SMILES string of the molecule is CCc1nccn1[C@H]1CCC(C(C(N)=O)(c2ccccc2)c2ccccc2)C1. The first-order valence-electron chi connectivity index (χ1n) is 10.1. The Morgan fingerprint density at radius 3 is 2.21 bits per heavy atom. The minimum absolute atomic E-state index is 0.145. The summed E-state index contributed by atoms with van der Waals surface area (Å²) in [6.07, 6.45) is 7.76. The predicted molar refractivity (Wildman–Crippen MR) is 111 cm³/mol. The number of hydrogen-bond donors (Lipinski definition) is 1. The van der Waals surface area contributed by atoms with Gasteiger partial charge in [-0.3, -0.25) is 4.79 Å². The van der Waals surface area contributed by atoms with E-state index in [0.29, 0.717) is 6.04 Å². The van der Waals surface area contributed by atoms with E-state index < -0.39 is 5.41 Å². The van der Waals surface area contributed by atoms with Gasteiger partial charge in [-0.05, 0) is 36.3 Å². The number of amides is 1. The Kier molecular flexibility index (Phi) is 5.03. The van der Waals surface area contributed by atoms with Crippen LogP contribution in [0.2, 0.25) is 0 Å². The number of rotatable bonds is 6. The Bertz CT molecular complexity index is 893. The summed E-state index contributed by atoms with van der Waals surface area (Å²) < 4.78 is 2.29. The first kappa shape index (κ1) is 18.5. The topological polar surface area (TPSA) is 60.9 Å². The first-order valence-corrected chi connectivity index (χ1v) is 10.1. The van der Waals surface area contributed by atoms with Crippen molar-refractivity contribution >= 4 is 5.91 Å². The highest BCUT2D eigenvalue weighted by atomic mass is 16.1. The molecular formula is C24H27N3O. The molecule has 0 bridgehead atoms. The Labute approximate surface area is 166 Å². The molecule has 0 aliphatic heterocycles. The first-order chi connectivity index (χ1) is 13.7. The highest BCUT2D eigenvalue weighted by Crippen LogP contribution is 2.50. The Hall–Kier alpha value is -2.88. The molecule has 1 unspecified atom stereocenters. The third-order valence-corrected chi connectivity index (χ3v) is 6.32. The van der Waals surface area contributed by atoms with Gasteiger partial charge in [0.15, 0.2) is 0 Å². The van der Waals surface area contributed by atoms with E-state index in [-0.39, 0.29) is 11.8 Å². The van der Waals surface area contributed by atoms with Gasteiger partial charge < -0.3 is 10.3 Å². The molecule has 1 saturated carbocycles. The fourth-order valence-electron chi connectivity index (χ4n) is 5.08. The maximum Gasteiger partial charge on any atom is 0.232 e. The van der Waals surface area contributed by atoms with Crippen molar-refractivity contribution in [3.8, 4) is 0 Å². The zero-order valence-corrected chi connectivity index (χ0v) is 16.3. The summed E-state index contributed by atoms with van der Waals surface area (Å²) in [5, 5.41) is 0. The molecule has 1 fully saturated rings. The second kappa shape index (κ2) is 7.63. The van der Waals surface area contributed by atoms with Crippen LogP contribution in [0.25, 0.3) is 0 Å². The van der Waals surface area contributed by atoms with Crippen LogP contribution in [0.3, 0.4) is 0 Å². The fraction of sp³-hybridized carbons (Fsp3) is 0.333. The molecule has 1 aliphatic rings. The second-order valence-electron chi connectivity index (χ2n) is 7.67. The minimum Gasteiger partial charge on any atom is -0.369 e. The molecule has 28 heavy (non-hydrogen) atoms. The molecule has 4 heteroatoms. The molecule has 2 aromatic carbocycles. The van der Waals surface area contributed by atoms with Crippen LogP contribution in [0.5, 0.6) is 0 Å². The van der Waals surface area contributed by atoms with Crippen molar-refractivity contribution in [3.63, 3.8) is 0 Å². The van der Waals surface area contributed by atoms with Crippen LogP contribution in [0, 0.1) is 5.92 Å². The molecule has 1 aromatic heterocycles. The third-order valence-electron chi connectivity index (χ3n) is 6.32. The number of carbonyl (C=O) groups is 1. The molecule has 1 heterocycles. The summed E-state index contributed by atoms with van der Waals surface area (Å²) in [6.45, 7) is 2.13. The van der Waals surface area contributed by atoms with Crippen LogP contribution in [0.1, 0.15) is 49.2 Å². The number of aromatic nitrogens is 2. The maximum atomic E-state index is 13.1. The van der Waals surface area contributed by atoms with Gasteiger partial charge in [0.1, 0.15) is 11.2 Å². The number of nitrogens with zero attached hydrogens (tertiary/aromatic N) is 2. The molecule has 0 radical (unpaired) electrons. The summed E-state index contributed by atoms with van der Waals surface area (Å²) in [4.78, 5) is 17.6. The van der Waals surface area contributed by atoms with Crippen molar-refractivity contribution < 1.29 is 4.79 Å². The maximum absolute atomic E-state index is 13.1. The Balaban J connectivity index is 1.80. The van der Waals surface area contributed by atoms with Crippen LogP contribution in [-0.4, -0.2) is 15.5 Å². The second-order valence-corrected chi connectivity index (χ2v) is 7.67. The largest absolute Gasteiger partial charge is 0.369 e. The lowest BCUT2D eigenvalue weighted by Gasteiger charge is -2.37. The molecule has 3 aromatic rings. The van der Waals surface area contributed by atoms with Gasteiger partial charge in [0.2, 0.25) is 5.91 Å². The van der Waals surface area contributed by atoms with Gasteiger partial charge in [-0.25, -0.2) is 4.98 Å². The van der Waals surface area contributed by atoms with Crippen molar-refractivity contribution in [2.24, 2.45) is 11.7 Å². The van der Waals surface area contributed by atoms with Gasteiger partial charge >= 0.3 is 0 Å². The van der Waals surface area contributed by atoms with Gasteiger partial charge in [-0.2, -0.15) is 0 Å². The van der Waals surface area contributed by atoms with E-state index in [1.54, 1.807) is 0 Å². The number of aryl methyl sites for hydroxylation is 1. The minimum atomic E-state index is -0.815. The lowest BCUT2D eigenvalue weighted by molar-refractivity contribution is -0.123. The van der Waals surface area contributed by atoms with E-state index in [2.05, 4.69) is 22.7 Å². The molecule has 2 N–H and O–H groups in total. The Morgan fingerprint density at radius 2 is 1.68 bits per heavy atom. The van der Waals surface area contributed by atoms with Gasteiger partial charge in [-0.15, -0.1) is 0 Å². The van der Waals surface area contributed by atoms with Crippen LogP contribution in [-0.2, 0) is 16.6 Å². The van der Waals surface area contributed by atoms with Crippen molar-refractivity contribution in [1.82, 2.24) is 9.55 Å². The normalized spacial score (nSPS) is 19.6. The van der Waals surface area contributed by atoms with Crippen molar-refractivity contribution in [2.75, 3.05) is 0 Å². The lowest BCUT2D eigenvalue weighted by Crippen LogP contribution is -2.47. The van der Waals surface area contributed by atoms with Gasteiger partial charge in [0.25, 0.3) is 0 Å². The number of hydrogen-bond acceptors (Lipinski definition) is 2. The van der Waals surface area contributed by atoms with Crippen LogP contribution in [0.15, 0.2) is 73.1 Å². The molecule has 1 amide bonds. The summed E-state index contributed by atoms with van der Waals surface area (Å²) >= 11 is 0. The quantitative estimate of drug-likeness (QED) is 0.702. The van der Waals surface area contributed by atoms with Crippen LogP contribution < -0.4 is 5.73 Å². The van der Waals surface area contributed by atoms with Crippen LogP contribution >= 0.6 is 0 Å². The standard InChI is InChI=1S/C24H27N3O/c1-2-22-26-15-16-27(22)21-14-13-20(17-21)24(23(25)28,18-9-5-3-6-10-18)19-11-7-4-8-12-19/h3-12,15-16,20-21H,2,13-14,17H2,1H3,(H2,25,28)/t20?,21-/m0/s1. The smallest absolute Gasteiger partial charge is 0.232 e. The Morgan fingerprint density at radius 1 is 1.07 bits per heavy atom. The molecule has 0 spiro atoms. The number of imidazole rings is 1. The van der Waals surface area contributed by atoms with Gasteiger partial charge in [-0.1, -0.05) is 67.6 Å². The molecular weight excluding hydrogens is 346 g/mol. The van der Waals surface area contributed by atoms with Crippen LogP contribution in [0.4, 0.5) is 0 Å². The van der Waals surface area contributed by atoms with Crippen molar-refractivity contribution in [3.05, 3.63) is 90.0 Å². The fourth-order valence-corrected chi connectivity index (χ4v) is 5.08. The zero-order valence-electron chi connectivity index (χ0n) is 16.3. The summed E-state index contributed by atoms with van der Waals surface area (Å²) in [5.41, 5.74) is 7.34. The van der Waals surface area contributed by atoms with E-state index in [1.165, 1.54) is 0 Å². The highest BCUT2D eigenvalue weighted by molar-refractivity contribution is 5.91. The number of carbonyl (C=O) groups excluding carboxylic acids is 1. The molecule has 1 aliphatic carbocycles. The molecule has 4 nitrogen and oxygen atoms in total. The molecule has 2 atom stereocenters. The molecule has 0 saturated heterocycles. The third kappa shape index (κ3) is 2.93. The van der Waals surface area contributed by atoms with Crippen molar-refractivity contribution in [1.29, 1.82) is 0 Å².